The summed E-state index contributed by atoms with van der Waals surface area (Å²) in [6.45, 7) is 2.70. The molecule has 1 amide bonds. The predicted molar refractivity (Wildman–Crippen MR) is 96.4 cm³/mol. The Bertz CT molecular complexity index is 967. The van der Waals surface area contributed by atoms with E-state index in [-0.39, 0.29) is 5.91 Å². The van der Waals surface area contributed by atoms with Crippen molar-refractivity contribution in [3.05, 3.63) is 47.1 Å². The minimum atomic E-state index is -0.835. The molecule has 0 N–H and O–H groups in total. The van der Waals surface area contributed by atoms with Crippen LogP contribution >= 0.6 is 11.6 Å². The van der Waals surface area contributed by atoms with Crippen LogP contribution in [0.15, 0.2) is 31.0 Å². The molecule has 0 bridgehead atoms. The number of piperidine rings is 1. The van der Waals surface area contributed by atoms with Crippen LogP contribution in [-0.2, 0) is 0 Å². The summed E-state index contributed by atoms with van der Waals surface area (Å²) in [7, 11) is 0. The summed E-state index contributed by atoms with van der Waals surface area (Å²) in [4.78, 5) is 27.3. The van der Waals surface area contributed by atoms with Gasteiger partial charge in [-0.05, 0) is 25.3 Å². The number of hydrogen-bond acceptors (Lipinski definition) is 4. The summed E-state index contributed by atoms with van der Waals surface area (Å²) >= 11 is 6.58. The third-order valence-electron chi connectivity index (χ3n) is 4.68. The number of carbonyl (C=O) groups is 1. The van der Waals surface area contributed by atoms with E-state index in [9.17, 15) is 9.18 Å². The van der Waals surface area contributed by atoms with Crippen LogP contribution in [0.4, 0.5) is 4.39 Å². The summed E-state index contributed by atoms with van der Waals surface area (Å²) < 4.78 is 15.1. The second kappa shape index (κ2) is 6.64. The molecule has 0 atom stereocenters. The molecule has 3 aromatic heterocycles. The molecule has 1 saturated heterocycles. The molecule has 0 spiro atoms. The normalized spacial score (nSPS) is 15.6. The Hall–Kier alpha value is -2.54. The van der Waals surface area contributed by atoms with E-state index in [0.29, 0.717) is 53.4 Å². The summed E-state index contributed by atoms with van der Waals surface area (Å²) in [6.07, 6.45) is 8.08. The van der Waals surface area contributed by atoms with Gasteiger partial charge in [-0.1, -0.05) is 11.6 Å². The Morgan fingerprint density at radius 1 is 1.23 bits per heavy atom. The second-order valence-electron chi connectivity index (χ2n) is 6.40. The van der Waals surface area contributed by atoms with E-state index in [0.717, 1.165) is 5.56 Å². The highest BCUT2D eigenvalue weighted by molar-refractivity contribution is 6.38. The lowest BCUT2D eigenvalue weighted by molar-refractivity contribution is 0.0667. The monoisotopic (exact) mass is 373 g/mol. The van der Waals surface area contributed by atoms with Crippen LogP contribution < -0.4 is 0 Å². The summed E-state index contributed by atoms with van der Waals surface area (Å²) in [5.41, 5.74) is 1.85. The third-order valence-corrected chi connectivity index (χ3v) is 5.07. The topological polar surface area (TPSA) is 63.9 Å². The number of amides is 1. The van der Waals surface area contributed by atoms with Gasteiger partial charge < -0.3 is 4.90 Å². The van der Waals surface area contributed by atoms with E-state index in [4.69, 9.17) is 11.6 Å². The molecule has 0 unspecified atom stereocenters. The number of carbonyl (C=O) groups excluding carboxylic acids is 1. The van der Waals surface area contributed by atoms with Crippen LogP contribution in [0.2, 0.25) is 5.02 Å². The number of hydrogen-bond donors (Lipinski definition) is 0. The molecule has 1 fully saturated rings. The van der Waals surface area contributed by atoms with Crippen molar-refractivity contribution in [2.45, 2.75) is 25.9 Å². The lowest BCUT2D eigenvalue weighted by Gasteiger charge is -2.28. The van der Waals surface area contributed by atoms with Gasteiger partial charge in [-0.15, -0.1) is 0 Å². The number of alkyl halides is 1. The lowest BCUT2D eigenvalue weighted by Crippen LogP contribution is -2.39. The van der Waals surface area contributed by atoms with Gasteiger partial charge in [0.05, 0.1) is 16.8 Å². The zero-order valence-corrected chi connectivity index (χ0v) is 14.9. The first-order chi connectivity index (χ1) is 12.6. The first-order valence-corrected chi connectivity index (χ1v) is 8.80. The molecule has 134 valence electrons. The SMILES string of the molecule is Cc1cn(-c2cnccn2)c2ncc(C(=O)N3CCC(F)CC3)c(Cl)c12. The standard InChI is InChI=1S/C18H17ClFN5O/c1-11-10-25(14-9-21-4-5-22-14)17-15(11)16(19)13(8-23-17)18(26)24-6-2-12(20)3-7-24/h4-5,8-10,12H,2-3,6-7H2,1H3. The van der Waals surface area contributed by atoms with Crippen molar-refractivity contribution >= 4 is 28.5 Å². The number of likely N-dealkylation sites (tertiary alicyclic amines) is 1. The maximum Gasteiger partial charge on any atom is 0.256 e. The van der Waals surface area contributed by atoms with Crippen molar-refractivity contribution in [2.75, 3.05) is 13.1 Å². The average molecular weight is 374 g/mol. The number of pyridine rings is 1. The molecule has 6 nitrogen and oxygen atoms in total. The number of rotatable bonds is 2. The summed E-state index contributed by atoms with van der Waals surface area (Å²) in [5, 5.41) is 1.08. The highest BCUT2D eigenvalue weighted by Gasteiger charge is 2.26. The first kappa shape index (κ1) is 16.9. The Labute approximate surface area is 154 Å². The van der Waals surface area contributed by atoms with Gasteiger partial charge in [-0.25, -0.2) is 14.4 Å². The molecular formula is C18H17ClFN5O. The quantitative estimate of drug-likeness (QED) is 0.691. The van der Waals surface area contributed by atoms with Crippen LogP contribution in [0.5, 0.6) is 0 Å². The predicted octanol–water partition coefficient (Wildman–Crippen LogP) is 3.35. The van der Waals surface area contributed by atoms with Crippen molar-refractivity contribution in [1.82, 2.24) is 24.4 Å². The van der Waals surface area contributed by atoms with Gasteiger partial charge >= 0.3 is 0 Å². The van der Waals surface area contributed by atoms with Gasteiger partial charge in [-0.3, -0.25) is 14.3 Å². The smallest absolute Gasteiger partial charge is 0.256 e. The number of halogens is 2. The van der Waals surface area contributed by atoms with Crippen LogP contribution in [0, 0.1) is 6.92 Å². The second-order valence-corrected chi connectivity index (χ2v) is 6.77. The Morgan fingerprint density at radius 3 is 2.69 bits per heavy atom. The number of aromatic nitrogens is 4. The van der Waals surface area contributed by atoms with Crippen LogP contribution in [0.3, 0.4) is 0 Å². The maximum absolute atomic E-state index is 13.3. The molecular weight excluding hydrogens is 357 g/mol. The van der Waals surface area contributed by atoms with Crippen LogP contribution in [0.1, 0.15) is 28.8 Å². The molecule has 4 heterocycles. The maximum atomic E-state index is 13.3. The van der Waals surface area contributed by atoms with Crippen molar-refractivity contribution in [2.24, 2.45) is 0 Å². The zero-order chi connectivity index (χ0) is 18.3. The fourth-order valence-electron chi connectivity index (χ4n) is 3.29. The van der Waals surface area contributed by atoms with Gasteiger partial charge in [0, 0.05) is 43.3 Å². The molecule has 0 aromatic carbocycles. The van der Waals surface area contributed by atoms with E-state index in [1.165, 1.54) is 6.20 Å². The van der Waals surface area contributed by atoms with Gasteiger partial charge in [-0.2, -0.15) is 0 Å². The molecule has 4 rings (SSSR count). The number of nitrogens with zero attached hydrogens (tertiary/aromatic N) is 5. The minimum absolute atomic E-state index is 0.206. The molecule has 0 radical (unpaired) electrons. The Kier molecular flexibility index (Phi) is 4.32. The zero-order valence-electron chi connectivity index (χ0n) is 14.2. The van der Waals surface area contributed by atoms with E-state index < -0.39 is 6.17 Å². The first-order valence-electron chi connectivity index (χ1n) is 8.42. The molecule has 1 aliphatic rings. The molecule has 0 saturated carbocycles. The Balaban J connectivity index is 1.76. The highest BCUT2D eigenvalue weighted by atomic mass is 35.5. The van der Waals surface area contributed by atoms with Gasteiger partial charge in [0.2, 0.25) is 0 Å². The highest BCUT2D eigenvalue weighted by Crippen LogP contribution is 2.32. The third kappa shape index (κ3) is 2.82. The van der Waals surface area contributed by atoms with E-state index in [1.54, 1.807) is 28.1 Å². The fourth-order valence-corrected chi connectivity index (χ4v) is 3.66. The molecule has 1 aliphatic heterocycles. The fraction of sp³-hybridized carbons (Fsp3) is 0.333. The number of aryl methyl sites for hydroxylation is 1. The largest absolute Gasteiger partial charge is 0.338 e. The number of fused-ring (bicyclic) bond motifs is 1. The molecule has 26 heavy (non-hydrogen) atoms. The van der Waals surface area contributed by atoms with E-state index in [2.05, 4.69) is 15.0 Å². The van der Waals surface area contributed by atoms with Crippen molar-refractivity contribution < 1.29 is 9.18 Å². The van der Waals surface area contributed by atoms with E-state index in [1.807, 2.05) is 13.1 Å². The van der Waals surface area contributed by atoms with Crippen molar-refractivity contribution in [1.29, 1.82) is 0 Å². The molecule has 3 aromatic rings. The summed E-state index contributed by atoms with van der Waals surface area (Å²) in [6, 6.07) is 0. The van der Waals surface area contributed by atoms with Crippen LogP contribution in [-0.4, -0.2) is 49.6 Å². The van der Waals surface area contributed by atoms with E-state index >= 15 is 0 Å². The lowest BCUT2D eigenvalue weighted by atomic mass is 10.1. The molecule has 0 aliphatic carbocycles. The summed E-state index contributed by atoms with van der Waals surface area (Å²) in [5.74, 6) is 0.418. The van der Waals surface area contributed by atoms with Gasteiger partial charge in [0.25, 0.3) is 5.91 Å². The van der Waals surface area contributed by atoms with Crippen molar-refractivity contribution in [3.63, 3.8) is 0 Å². The minimum Gasteiger partial charge on any atom is -0.338 e. The average Bonchev–Trinajstić information content (AvgIpc) is 3.00. The van der Waals surface area contributed by atoms with Gasteiger partial charge in [0.1, 0.15) is 11.8 Å². The van der Waals surface area contributed by atoms with Crippen molar-refractivity contribution in [3.8, 4) is 5.82 Å². The van der Waals surface area contributed by atoms with Crippen LogP contribution in [0.25, 0.3) is 16.9 Å². The Morgan fingerprint density at radius 2 is 2.00 bits per heavy atom. The van der Waals surface area contributed by atoms with Gasteiger partial charge in [0.15, 0.2) is 5.82 Å². The molecule has 8 heteroatoms.